The number of rotatable bonds is 7. The predicted molar refractivity (Wildman–Crippen MR) is 140 cm³/mol. The number of allylic oxidation sites excluding steroid dienone is 2. The average Bonchev–Trinajstić information content (AvgIpc) is 3.60. The Bertz CT molecular complexity index is 1400. The molecule has 0 fully saturated rings. The van der Waals surface area contributed by atoms with Crippen molar-refractivity contribution in [3.05, 3.63) is 104 Å². The predicted octanol–water partition coefficient (Wildman–Crippen LogP) is 7.73. The Kier molecular flexibility index (Phi) is 5.90. The summed E-state index contributed by atoms with van der Waals surface area (Å²) in [6, 6.07) is 19.6. The van der Waals surface area contributed by atoms with Gasteiger partial charge in [0.05, 0.1) is 0 Å². The van der Waals surface area contributed by atoms with Gasteiger partial charge in [0, 0.05) is 49.2 Å². The number of hydrogen-bond acceptors (Lipinski definition) is 4. The minimum atomic E-state index is -0.0335. The van der Waals surface area contributed by atoms with E-state index in [1.807, 2.05) is 83.6 Å². The molecule has 0 bridgehead atoms. The molecule has 0 aliphatic rings. The molecule has 162 valence electrons. The van der Waals surface area contributed by atoms with Crippen LogP contribution in [0.25, 0.3) is 34.0 Å². The summed E-state index contributed by atoms with van der Waals surface area (Å²) in [5, 5.41) is 5.95. The number of aromatic nitrogens is 1. The molecule has 5 aromatic rings. The Labute approximate surface area is 199 Å². The standard InChI is InChI=1S/C28H21NO2S2/c1-2-29-25-11-7-19(27(30)13-9-21-5-3-15-32-21)17-23(25)24-18-20(8-12-26(24)29)28(31)14-10-22-6-4-16-33-22/h3-18H,2H2,1H3/b13-9+,14-10+. The minimum Gasteiger partial charge on any atom is -0.341 e. The number of nitrogens with zero attached hydrogens (tertiary/aromatic N) is 1. The fourth-order valence-corrected chi connectivity index (χ4v) is 5.27. The fraction of sp³-hybridized carbons (Fsp3) is 0.0714. The van der Waals surface area contributed by atoms with Crippen LogP contribution < -0.4 is 0 Å². The summed E-state index contributed by atoms with van der Waals surface area (Å²) in [6.07, 6.45) is 6.94. The van der Waals surface area contributed by atoms with Gasteiger partial charge in [-0.3, -0.25) is 9.59 Å². The molecule has 2 aromatic carbocycles. The fourth-order valence-electron chi connectivity index (χ4n) is 4.03. The van der Waals surface area contributed by atoms with Crippen molar-refractivity contribution in [1.82, 2.24) is 4.57 Å². The first-order valence-corrected chi connectivity index (χ1v) is 12.5. The summed E-state index contributed by atoms with van der Waals surface area (Å²) in [5.74, 6) is -0.0670. The second-order valence-electron chi connectivity index (χ2n) is 7.63. The molecule has 5 heteroatoms. The molecule has 0 saturated carbocycles. The minimum absolute atomic E-state index is 0.0335. The van der Waals surface area contributed by atoms with E-state index < -0.39 is 0 Å². The van der Waals surface area contributed by atoms with E-state index in [-0.39, 0.29) is 11.6 Å². The third kappa shape index (κ3) is 4.25. The SMILES string of the molecule is CCn1c2ccc(C(=O)/C=C/c3cccs3)cc2c2cc(C(=O)/C=C/c3cccs3)ccc21. The smallest absolute Gasteiger partial charge is 0.185 e. The van der Waals surface area contributed by atoms with Gasteiger partial charge in [-0.2, -0.15) is 0 Å². The number of fused-ring (bicyclic) bond motifs is 3. The van der Waals surface area contributed by atoms with E-state index in [4.69, 9.17) is 0 Å². The van der Waals surface area contributed by atoms with Crippen LogP contribution in [-0.2, 0) is 6.54 Å². The molecule has 0 amide bonds. The van der Waals surface area contributed by atoms with E-state index in [0.717, 1.165) is 38.1 Å². The molecular weight excluding hydrogens is 446 g/mol. The molecule has 33 heavy (non-hydrogen) atoms. The number of benzene rings is 2. The maximum Gasteiger partial charge on any atom is 0.185 e. The van der Waals surface area contributed by atoms with Crippen LogP contribution in [-0.4, -0.2) is 16.1 Å². The summed E-state index contributed by atoms with van der Waals surface area (Å²) in [6.45, 7) is 2.90. The lowest BCUT2D eigenvalue weighted by molar-refractivity contribution is 0.104. The topological polar surface area (TPSA) is 39.1 Å². The normalized spacial score (nSPS) is 11.9. The second kappa shape index (κ2) is 9.14. The third-order valence-electron chi connectivity index (χ3n) is 5.63. The van der Waals surface area contributed by atoms with Crippen molar-refractivity contribution in [1.29, 1.82) is 0 Å². The highest BCUT2D eigenvalue weighted by atomic mass is 32.1. The molecule has 0 N–H and O–H groups in total. The number of aryl methyl sites for hydroxylation is 1. The first-order chi connectivity index (χ1) is 16.1. The monoisotopic (exact) mass is 467 g/mol. The van der Waals surface area contributed by atoms with Gasteiger partial charge in [-0.15, -0.1) is 22.7 Å². The van der Waals surface area contributed by atoms with Gasteiger partial charge in [-0.1, -0.05) is 12.1 Å². The van der Waals surface area contributed by atoms with Crippen molar-refractivity contribution in [2.24, 2.45) is 0 Å². The molecule has 0 aliphatic heterocycles. The van der Waals surface area contributed by atoms with Gasteiger partial charge < -0.3 is 4.57 Å². The second-order valence-corrected chi connectivity index (χ2v) is 9.59. The summed E-state index contributed by atoms with van der Waals surface area (Å²) in [7, 11) is 0. The van der Waals surface area contributed by atoms with Gasteiger partial charge in [-0.05, 0) is 90.5 Å². The van der Waals surface area contributed by atoms with Crippen molar-refractivity contribution < 1.29 is 9.59 Å². The van der Waals surface area contributed by atoms with Gasteiger partial charge in [0.2, 0.25) is 0 Å². The van der Waals surface area contributed by atoms with Gasteiger partial charge in [0.1, 0.15) is 0 Å². The van der Waals surface area contributed by atoms with Crippen LogP contribution in [0.2, 0.25) is 0 Å². The van der Waals surface area contributed by atoms with E-state index in [2.05, 4.69) is 11.5 Å². The molecule has 3 aromatic heterocycles. The molecule has 0 spiro atoms. The maximum atomic E-state index is 12.8. The van der Waals surface area contributed by atoms with Gasteiger partial charge in [0.25, 0.3) is 0 Å². The van der Waals surface area contributed by atoms with E-state index >= 15 is 0 Å². The molecule has 5 rings (SSSR count). The molecule has 0 saturated heterocycles. The Balaban J connectivity index is 1.55. The molecule has 0 atom stereocenters. The van der Waals surface area contributed by atoms with E-state index in [9.17, 15) is 9.59 Å². The Morgan fingerprint density at radius 1 is 0.758 bits per heavy atom. The number of thiophene rings is 2. The highest BCUT2D eigenvalue weighted by Gasteiger charge is 2.14. The number of carbonyl (C=O) groups excluding carboxylic acids is 2. The van der Waals surface area contributed by atoms with Crippen molar-refractivity contribution in [2.45, 2.75) is 13.5 Å². The first-order valence-electron chi connectivity index (χ1n) is 10.7. The Morgan fingerprint density at radius 3 is 1.64 bits per heavy atom. The summed E-state index contributed by atoms with van der Waals surface area (Å²) in [4.78, 5) is 27.7. The van der Waals surface area contributed by atoms with E-state index in [1.54, 1.807) is 34.8 Å². The van der Waals surface area contributed by atoms with Crippen molar-refractivity contribution in [2.75, 3.05) is 0 Å². The third-order valence-corrected chi connectivity index (χ3v) is 7.31. The van der Waals surface area contributed by atoms with Gasteiger partial charge in [-0.25, -0.2) is 0 Å². The number of ketones is 2. The Hall–Kier alpha value is -3.54. The highest BCUT2D eigenvalue weighted by molar-refractivity contribution is 7.11. The van der Waals surface area contributed by atoms with Crippen LogP contribution in [0.3, 0.4) is 0 Å². The van der Waals surface area contributed by atoms with Crippen LogP contribution in [0.5, 0.6) is 0 Å². The van der Waals surface area contributed by atoms with Crippen LogP contribution in [0, 0.1) is 0 Å². The van der Waals surface area contributed by atoms with Gasteiger partial charge in [0.15, 0.2) is 11.6 Å². The van der Waals surface area contributed by atoms with Gasteiger partial charge >= 0.3 is 0 Å². The molecule has 0 radical (unpaired) electrons. The lowest BCUT2D eigenvalue weighted by atomic mass is 10.0. The van der Waals surface area contributed by atoms with Crippen LogP contribution >= 0.6 is 22.7 Å². The lowest BCUT2D eigenvalue weighted by Crippen LogP contribution is -1.96. The maximum absolute atomic E-state index is 12.8. The summed E-state index contributed by atoms with van der Waals surface area (Å²) < 4.78 is 2.22. The zero-order valence-corrected chi connectivity index (χ0v) is 19.7. The van der Waals surface area contributed by atoms with Crippen molar-refractivity contribution in [3.8, 4) is 0 Å². The molecule has 3 nitrogen and oxygen atoms in total. The molecule has 0 aliphatic carbocycles. The largest absolute Gasteiger partial charge is 0.341 e. The van der Waals surface area contributed by atoms with Crippen molar-refractivity contribution in [3.63, 3.8) is 0 Å². The molecule has 3 heterocycles. The van der Waals surface area contributed by atoms with Crippen LogP contribution in [0.15, 0.2) is 83.6 Å². The zero-order chi connectivity index (χ0) is 22.8. The Morgan fingerprint density at radius 2 is 1.24 bits per heavy atom. The van der Waals surface area contributed by atoms with E-state index in [1.165, 1.54) is 0 Å². The van der Waals surface area contributed by atoms with E-state index in [0.29, 0.717) is 11.1 Å². The van der Waals surface area contributed by atoms with Crippen molar-refractivity contribution >= 4 is 68.2 Å². The highest BCUT2D eigenvalue weighted by Crippen LogP contribution is 2.31. The first kappa shape index (κ1) is 21.3. The summed E-state index contributed by atoms with van der Waals surface area (Å²) >= 11 is 3.20. The zero-order valence-electron chi connectivity index (χ0n) is 18.0. The summed E-state index contributed by atoms with van der Waals surface area (Å²) in [5.41, 5.74) is 3.40. The average molecular weight is 468 g/mol. The number of carbonyl (C=O) groups is 2. The van der Waals surface area contributed by atoms with Crippen LogP contribution in [0.4, 0.5) is 0 Å². The van der Waals surface area contributed by atoms with Crippen LogP contribution in [0.1, 0.15) is 37.4 Å². The number of hydrogen-bond donors (Lipinski definition) is 0. The molecule has 0 unspecified atom stereocenters. The molecular formula is C28H21NO2S2. The lowest BCUT2D eigenvalue weighted by Gasteiger charge is -2.03. The quantitative estimate of drug-likeness (QED) is 0.181.